The molecule has 1 nitrogen and oxygen atoms in total. The molecule has 0 aliphatic heterocycles. The molecule has 0 bridgehead atoms. The molecular formula is GdOPuU. The molecule has 0 N–H and O–H groups in total. The van der Waals surface area contributed by atoms with Crippen molar-refractivity contribution >= 4 is 0 Å². The van der Waals surface area contributed by atoms with Gasteiger partial charge >= 0.3 is 39.2 Å². The van der Waals surface area contributed by atoms with Gasteiger partial charge in [0.1, 0.15) is 0 Å². The predicted octanol–water partition coefficient (Wildman–Crippen LogP) is -0.119. The van der Waals surface area contributed by atoms with E-state index >= 15 is 0 Å². The Morgan fingerprint density at radius 2 is 1.25 bits per heavy atom. The molecule has 0 aliphatic carbocycles. The molecule has 0 spiro atoms. The van der Waals surface area contributed by atoms with Gasteiger partial charge in [0.15, 0.2) is 0 Å². The summed E-state index contributed by atoms with van der Waals surface area (Å²) >= 11 is 0.611. The van der Waals surface area contributed by atoms with E-state index in [0.29, 0.717) is 38.0 Å². The van der Waals surface area contributed by atoms with Gasteiger partial charge in [0.2, 0.25) is 0 Å². The molecule has 0 atom stereocenters. The third-order valence-corrected chi connectivity index (χ3v) is 0. The van der Waals surface area contributed by atoms with E-state index in [-0.39, 0.29) is 60.3 Å². The van der Waals surface area contributed by atoms with Crippen molar-refractivity contribution in [1.29, 1.82) is 0 Å². The molecule has 24 valence electrons. The van der Waals surface area contributed by atoms with Crippen LogP contribution in [0.25, 0.3) is 0 Å². The first kappa shape index (κ1) is 15.7. The van der Waals surface area contributed by atoms with Crippen LogP contribution in [-0.2, 0) is 1.16 Å². The zero-order valence-electron chi connectivity index (χ0n) is 1.67. The molecule has 0 aromatic carbocycles. The fourth-order valence-corrected chi connectivity index (χ4v) is 0. The summed E-state index contributed by atoms with van der Waals surface area (Å²) in [5.74, 6) is 0. The van der Waals surface area contributed by atoms with Crippen molar-refractivity contribution in [2.24, 2.45) is 0 Å². The van der Waals surface area contributed by atoms with Crippen LogP contribution >= 0.6 is 0 Å². The van der Waals surface area contributed by atoms with E-state index in [1.165, 1.54) is 0 Å². The fourth-order valence-electron chi connectivity index (χ4n) is 0. The standard InChI is InChI=1S/Gd.O.Pu.U. The number of hydrogen-bond donors (Lipinski definition) is 0. The van der Waals surface area contributed by atoms with Crippen molar-refractivity contribution in [3.05, 3.63) is 0 Å². The smallest absolute Gasteiger partial charge is 0 e. The molecule has 4 heteroatoms. The molecule has 0 heterocycles. The quantitative estimate of drug-likeness (QED) is 0.356. The van der Waals surface area contributed by atoms with E-state index in [9.17, 15) is 0 Å². The van der Waals surface area contributed by atoms with Gasteiger partial charge in [0.05, 0.1) is 0 Å². The molecule has 0 aliphatic rings. The molecule has 0 aromatic rings. The Bertz CT molecular complexity index is 8.00. The van der Waals surface area contributed by atoms with Crippen molar-refractivity contribution in [1.82, 2.24) is 0 Å². The Morgan fingerprint density at radius 3 is 1.25 bits per heavy atom. The first-order valence-corrected chi connectivity index (χ1v) is 1.07. The van der Waals surface area contributed by atoms with Crippen LogP contribution in [0.1, 0.15) is 0 Å². The van der Waals surface area contributed by atoms with Crippen LogP contribution < -0.4 is 0 Å². The van der Waals surface area contributed by atoms with Crippen LogP contribution in [-0.4, -0.2) is 0 Å². The molecule has 4 heavy (non-hydrogen) atoms. The van der Waals surface area contributed by atoms with Gasteiger partial charge < -0.3 is 0 Å². The summed E-state index contributed by atoms with van der Waals surface area (Å²) in [7, 11) is 0. The van der Waals surface area contributed by atoms with E-state index in [4.69, 9.17) is 1.16 Å². The van der Waals surface area contributed by atoms with E-state index in [1.807, 2.05) is 0 Å². The number of hydrogen-bond acceptors (Lipinski definition) is 1. The minimum absolute atomic E-state index is 0. The number of rotatable bonds is 0. The maximum atomic E-state index is 8.28. The monoisotopic (exact) mass is 650 g/mol. The largest absolute Gasteiger partial charge is 0 e. The molecule has 0 saturated carbocycles. The second kappa shape index (κ2) is 16.4. The predicted molar refractivity (Wildman–Crippen MR) is 0.686 cm³/mol. The van der Waals surface area contributed by atoms with Gasteiger partial charge in [-0.2, -0.15) is 0 Å². The second-order valence-electron chi connectivity index (χ2n) is 0. The molecule has 0 saturated heterocycles. The Hall–Kier alpha value is 3.16. The van der Waals surface area contributed by atoms with Crippen molar-refractivity contribution < 1.29 is 99.5 Å². The van der Waals surface area contributed by atoms with Crippen LogP contribution in [0.2, 0.25) is 0 Å². The summed E-state index contributed by atoms with van der Waals surface area (Å²) in [6, 6.07) is 0. The summed E-state index contributed by atoms with van der Waals surface area (Å²) < 4.78 is 8.28. The molecule has 0 aromatic heterocycles. The van der Waals surface area contributed by atoms with Gasteiger partial charge in [0.25, 0.3) is 0 Å². The van der Waals surface area contributed by atoms with Gasteiger partial charge in [0, 0.05) is 60.3 Å². The van der Waals surface area contributed by atoms with Crippen LogP contribution in [0.5, 0.6) is 0 Å². The summed E-state index contributed by atoms with van der Waals surface area (Å²) in [5.41, 5.74) is 0. The van der Waals surface area contributed by atoms with Crippen molar-refractivity contribution in [3.63, 3.8) is 0 Å². The fraction of sp³-hybridized carbons (Fsp3) is 0. The van der Waals surface area contributed by atoms with E-state index in [2.05, 4.69) is 0 Å². The van der Waals surface area contributed by atoms with E-state index < -0.39 is 0 Å². The summed E-state index contributed by atoms with van der Waals surface area (Å²) in [5, 5.41) is 0. The average molecular weight is 655 g/mol. The molecule has 0 rings (SSSR count). The molecule has 0 fully saturated rings. The maximum Gasteiger partial charge on any atom is 0 e. The van der Waals surface area contributed by atoms with Crippen molar-refractivity contribution in [3.8, 4) is 0 Å². The molecule has 0 amide bonds. The van der Waals surface area contributed by atoms with Crippen LogP contribution in [0.4, 0.5) is 0 Å². The Balaban J connectivity index is -0.00000000500. The summed E-state index contributed by atoms with van der Waals surface area (Å²) in [6.07, 6.45) is 0. The van der Waals surface area contributed by atoms with E-state index in [1.54, 1.807) is 0 Å². The average Bonchev–Trinajstić information content (AvgIpc) is 1.00. The third-order valence-electron chi connectivity index (χ3n) is 0. The van der Waals surface area contributed by atoms with Crippen molar-refractivity contribution in [2.75, 3.05) is 0 Å². The SMILES string of the molecule is [O]=[Gd].[Pu].[U]. The Kier molecular flexibility index (Phi) is 64.4. The molecule has 0 radical (unpaired) electrons. The van der Waals surface area contributed by atoms with Gasteiger partial charge in [-0.1, -0.05) is 0 Å². The van der Waals surface area contributed by atoms with Crippen LogP contribution in [0.15, 0.2) is 0 Å². The minimum Gasteiger partial charge on any atom is 0 e. The topological polar surface area (TPSA) is 17.1 Å². The minimum atomic E-state index is 0. The molecule has 0 unspecified atom stereocenters. The van der Waals surface area contributed by atoms with Gasteiger partial charge in [-0.3, -0.25) is 0 Å². The molecular weight excluding hydrogens is 655 g/mol. The maximum absolute atomic E-state index is 8.28. The summed E-state index contributed by atoms with van der Waals surface area (Å²) in [4.78, 5) is 0. The van der Waals surface area contributed by atoms with E-state index in [0.717, 1.165) is 0 Å². The first-order chi connectivity index (χ1) is 1.00. The third kappa shape index (κ3) is 8.94. The van der Waals surface area contributed by atoms with Crippen molar-refractivity contribution in [2.45, 2.75) is 0 Å². The van der Waals surface area contributed by atoms with Gasteiger partial charge in [-0.15, -0.1) is 0 Å². The zero-order valence-corrected chi connectivity index (χ0v) is 11.5. The Labute approximate surface area is 96.7 Å². The Morgan fingerprint density at radius 1 is 1.25 bits per heavy atom. The first-order valence-electron chi connectivity index (χ1n) is 0.144. The second-order valence-corrected chi connectivity index (χ2v) is 0. The van der Waals surface area contributed by atoms with Crippen LogP contribution in [0, 0.1) is 98.3 Å². The van der Waals surface area contributed by atoms with Crippen LogP contribution in [0.3, 0.4) is 0 Å². The zero-order chi connectivity index (χ0) is 2.00. The van der Waals surface area contributed by atoms with Gasteiger partial charge in [-0.25, -0.2) is 0 Å². The summed E-state index contributed by atoms with van der Waals surface area (Å²) in [6.45, 7) is 0. The normalized spacial score (nSPS) is 1.25. The van der Waals surface area contributed by atoms with Gasteiger partial charge in [-0.05, 0) is 0 Å².